The quantitative estimate of drug-likeness (QED) is 0.813. The number of piperidine rings is 1. The fourth-order valence-electron chi connectivity index (χ4n) is 3.33. The average Bonchev–Trinajstić information content (AvgIpc) is 2.56. The molecule has 1 atom stereocenters. The summed E-state index contributed by atoms with van der Waals surface area (Å²) in [4.78, 5) is 5.36. The lowest BCUT2D eigenvalue weighted by atomic mass is 10.0. The molecule has 2 fully saturated rings. The lowest BCUT2D eigenvalue weighted by Gasteiger charge is -2.36. The van der Waals surface area contributed by atoms with Crippen molar-refractivity contribution in [1.82, 2.24) is 9.80 Å². The molecular weight excluding hydrogens is 210 g/mol. The molecule has 17 heavy (non-hydrogen) atoms. The highest BCUT2D eigenvalue weighted by Gasteiger charge is 2.25. The van der Waals surface area contributed by atoms with Crippen LogP contribution < -0.4 is 5.73 Å². The molecule has 0 saturated carbocycles. The van der Waals surface area contributed by atoms with Crippen LogP contribution in [0.1, 0.15) is 45.4 Å². The molecule has 0 aromatic heterocycles. The van der Waals surface area contributed by atoms with Crippen molar-refractivity contribution >= 4 is 0 Å². The Balaban J connectivity index is 1.78. The Morgan fingerprint density at radius 1 is 1.00 bits per heavy atom. The summed E-state index contributed by atoms with van der Waals surface area (Å²) in [5.41, 5.74) is 5.98. The lowest BCUT2D eigenvalue weighted by Crippen LogP contribution is -2.45. The van der Waals surface area contributed by atoms with E-state index in [1.807, 2.05) is 0 Å². The minimum atomic E-state index is 0.466. The Bertz CT molecular complexity index is 212. The monoisotopic (exact) mass is 239 g/mol. The van der Waals surface area contributed by atoms with Gasteiger partial charge in [0, 0.05) is 12.1 Å². The van der Waals surface area contributed by atoms with Gasteiger partial charge in [0.05, 0.1) is 0 Å². The number of nitrogens with two attached hydrogens (primary N) is 1. The summed E-state index contributed by atoms with van der Waals surface area (Å²) in [6, 6.07) is 1.30. The van der Waals surface area contributed by atoms with Crippen LogP contribution >= 0.6 is 0 Å². The summed E-state index contributed by atoms with van der Waals surface area (Å²) in [5, 5.41) is 0. The Hall–Kier alpha value is -0.120. The van der Waals surface area contributed by atoms with Crippen molar-refractivity contribution in [3.05, 3.63) is 0 Å². The third-order valence-electron chi connectivity index (χ3n) is 4.42. The fourth-order valence-corrected chi connectivity index (χ4v) is 3.33. The Morgan fingerprint density at radius 3 is 2.47 bits per heavy atom. The molecule has 2 aliphatic rings. The van der Waals surface area contributed by atoms with Crippen LogP contribution in [0.3, 0.4) is 0 Å². The van der Waals surface area contributed by atoms with Gasteiger partial charge in [0.15, 0.2) is 0 Å². The molecule has 2 rings (SSSR count). The molecule has 2 saturated heterocycles. The van der Waals surface area contributed by atoms with Gasteiger partial charge in [-0.2, -0.15) is 0 Å². The SMILES string of the molecule is CCCN1CCCC(N2CCC(N)CC2)CC1. The summed E-state index contributed by atoms with van der Waals surface area (Å²) < 4.78 is 0. The minimum absolute atomic E-state index is 0.466. The molecule has 3 heteroatoms. The van der Waals surface area contributed by atoms with Crippen molar-refractivity contribution < 1.29 is 0 Å². The van der Waals surface area contributed by atoms with E-state index < -0.39 is 0 Å². The highest BCUT2D eigenvalue weighted by atomic mass is 15.2. The van der Waals surface area contributed by atoms with Gasteiger partial charge in [-0.05, 0) is 71.2 Å². The van der Waals surface area contributed by atoms with Crippen LogP contribution in [0.15, 0.2) is 0 Å². The van der Waals surface area contributed by atoms with Gasteiger partial charge >= 0.3 is 0 Å². The maximum absolute atomic E-state index is 5.98. The molecule has 0 radical (unpaired) electrons. The van der Waals surface area contributed by atoms with Crippen molar-refractivity contribution in [1.29, 1.82) is 0 Å². The van der Waals surface area contributed by atoms with Gasteiger partial charge < -0.3 is 15.5 Å². The molecule has 1 unspecified atom stereocenters. The second-order valence-electron chi connectivity index (χ2n) is 5.80. The molecule has 0 bridgehead atoms. The van der Waals surface area contributed by atoms with E-state index >= 15 is 0 Å². The molecule has 0 aliphatic carbocycles. The number of likely N-dealkylation sites (tertiary alicyclic amines) is 2. The summed E-state index contributed by atoms with van der Waals surface area (Å²) in [7, 11) is 0. The van der Waals surface area contributed by atoms with Crippen LogP contribution in [-0.4, -0.2) is 54.6 Å². The Kier molecular flexibility index (Phi) is 5.26. The first-order chi connectivity index (χ1) is 8.29. The van der Waals surface area contributed by atoms with Crippen LogP contribution in [0.2, 0.25) is 0 Å². The van der Waals surface area contributed by atoms with E-state index in [0.717, 1.165) is 6.04 Å². The minimum Gasteiger partial charge on any atom is -0.328 e. The van der Waals surface area contributed by atoms with E-state index in [9.17, 15) is 0 Å². The predicted octanol–water partition coefficient (Wildman–Crippen LogP) is 1.67. The summed E-state index contributed by atoms with van der Waals surface area (Å²) in [6.07, 6.45) is 7.85. The maximum Gasteiger partial charge on any atom is 0.0108 e. The largest absolute Gasteiger partial charge is 0.328 e. The fraction of sp³-hybridized carbons (Fsp3) is 1.00. The summed E-state index contributed by atoms with van der Waals surface area (Å²) in [6.45, 7) is 8.67. The van der Waals surface area contributed by atoms with E-state index in [1.54, 1.807) is 0 Å². The molecule has 0 amide bonds. The van der Waals surface area contributed by atoms with E-state index in [4.69, 9.17) is 5.73 Å². The summed E-state index contributed by atoms with van der Waals surface area (Å²) >= 11 is 0. The number of rotatable bonds is 3. The van der Waals surface area contributed by atoms with Crippen LogP contribution in [0.25, 0.3) is 0 Å². The highest BCUT2D eigenvalue weighted by molar-refractivity contribution is 4.82. The Labute approximate surface area is 106 Å². The second-order valence-corrected chi connectivity index (χ2v) is 5.80. The van der Waals surface area contributed by atoms with Crippen LogP contribution in [0.4, 0.5) is 0 Å². The van der Waals surface area contributed by atoms with E-state index in [0.29, 0.717) is 6.04 Å². The molecule has 2 heterocycles. The zero-order valence-corrected chi connectivity index (χ0v) is 11.4. The van der Waals surface area contributed by atoms with Gasteiger partial charge in [0.25, 0.3) is 0 Å². The molecule has 0 spiro atoms. The van der Waals surface area contributed by atoms with Gasteiger partial charge in [-0.15, -0.1) is 0 Å². The molecule has 2 N–H and O–H groups in total. The van der Waals surface area contributed by atoms with Crippen molar-refractivity contribution in [3.8, 4) is 0 Å². The maximum atomic E-state index is 5.98. The van der Waals surface area contributed by atoms with Crippen molar-refractivity contribution in [2.24, 2.45) is 5.73 Å². The number of hydrogen-bond donors (Lipinski definition) is 1. The van der Waals surface area contributed by atoms with E-state index in [-0.39, 0.29) is 0 Å². The smallest absolute Gasteiger partial charge is 0.0108 e. The average molecular weight is 239 g/mol. The van der Waals surface area contributed by atoms with Crippen LogP contribution in [0, 0.1) is 0 Å². The second kappa shape index (κ2) is 6.72. The summed E-state index contributed by atoms with van der Waals surface area (Å²) in [5.74, 6) is 0. The van der Waals surface area contributed by atoms with Gasteiger partial charge in [-0.3, -0.25) is 0 Å². The molecule has 0 aromatic carbocycles. The number of hydrogen-bond acceptors (Lipinski definition) is 3. The third-order valence-corrected chi connectivity index (χ3v) is 4.42. The van der Waals surface area contributed by atoms with E-state index in [2.05, 4.69) is 16.7 Å². The molecule has 100 valence electrons. The first kappa shape index (κ1) is 13.3. The van der Waals surface area contributed by atoms with Gasteiger partial charge in [0.1, 0.15) is 0 Å². The lowest BCUT2D eigenvalue weighted by molar-refractivity contribution is 0.139. The van der Waals surface area contributed by atoms with Gasteiger partial charge in [0.2, 0.25) is 0 Å². The topological polar surface area (TPSA) is 32.5 Å². The first-order valence-electron chi connectivity index (χ1n) is 7.51. The van der Waals surface area contributed by atoms with Crippen molar-refractivity contribution in [2.75, 3.05) is 32.7 Å². The van der Waals surface area contributed by atoms with Crippen LogP contribution in [-0.2, 0) is 0 Å². The van der Waals surface area contributed by atoms with Crippen LogP contribution in [0.5, 0.6) is 0 Å². The van der Waals surface area contributed by atoms with Gasteiger partial charge in [-0.1, -0.05) is 6.92 Å². The zero-order valence-electron chi connectivity index (χ0n) is 11.4. The normalized spacial score (nSPS) is 30.4. The molecule has 3 nitrogen and oxygen atoms in total. The molecule has 2 aliphatic heterocycles. The van der Waals surface area contributed by atoms with Crippen molar-refractivity contribution in [2.45, 2.75) is 57.5 Å². The van der Waals surface area contributed by atoms with Crippen molar-refractivity contribution in [3.63, 3.8) is 0 Å². The number of nitrogens with zero attached hydrogens (tertiary/aromatic N) is 2. The van der Waals surface area contributed by atoms with Gasteiger partial charge in [-0.25, -0.2) is 0 Å². The standard InChI is InChI=1S/C14H29N3/c1-2-8-16-9-3-4-14(7-10-16)17-11-5-13(15)6-12-17/h13-14H,2-12,15H2,1H3. The van der Waals surface area contributed by atoms with E-state index in [1.165, 1.54) is 71.2 Å². The first-order valence-corrected chi connectivity index (χ1v) is 7.51. The Morgan fingerprint density at radius 2 is 1.76 bits per heavy atom. The predicted molar refractivity (Wildman–Crippen MR) is 73.2 cm³/mol. The highest BCUT2D eigenvalue weighted by Crippen LogP contribution is 2.20. The third kappa shape index (κ3) is 3.94. The zero-order chi connectivity index (χ0) is 12.1. The molecular formula is C14H29N3. The molecule has 0 aromatic rings.